The molecule has 2 aliphatic heterocycles. The zero-order chi connectivity index (χ0) is 39.2. The van der Waals surface area contributed by atoms with E-state index in [0.29, 0.717) is 11.6 Å². The number of ether oxygens (including phenoxy) is 3. The Balaban J connectivity index is 1.56. The van der Waals surface area contributed by atoms with Crippen LogP contribution >= 0.6 is 0 Å². The fourth-order valence-corrected chi connectivity index (χ4v) is 7.74. The van der Waals surface area contributed by atoms with Gasteiger partial charge < -0.3 is 60.2 Å². The van der Waals surface area contributed by atoms with Crippen molar-refractivity contribution in [3.63, 3.8) is 0 Å². The Bertz CT molecular complexity index is 2080. The number of esters is 2. The lowest BCUT2D eigenvalue weighted by Gasteiger charge is -2.69. The van der Waals surface area contributed by atoms with Gasteiger partial charge in [0.15, 0.2) is 46.0 Å². The van der Waals surface area contributed by atoms with Gasteiger partial charge in [0.05, 0.1) is 18.6 Å². The number of carboxylic acids is 1. The summed E-state index contributed by atoms with van der Waals surface area (Å²) in [7, 11) is 1.27. The van der Waals surface area contributed by atoms with Crippen LogP contribution in [0, 0.1) is 11.8 Å². The third-order valence-corrected chi connectivity index (χ3v) is 10.4. The lowest BCUT2D eigenvalue weighted by molar-refractivity contribution is -0.387. The molecular formula is C38H37NO15. The van der Waals surface area contributed by atoms with Gasteiger partial charge in [0.2, 0.25) is 5.60 Å². The molecule has 16 heteroatoms. The monoisotopic (exact) mass is 747 g/mol. The first kappa shape index (κ1) is 37.7. The van der Waals surface area contributed by atoms with E-state index in [0.717, 1.165) is 42.5 Å². The van der Waals surface area contributed by atoms with Crippen LogP contribution in [0.3, 0.4) is 0 Å². The molecular weight excluding hydrogens is 710 g/mol. The number of carbonyl (C=O) groups is 3. The van der Waals surface area contributed by atoms with E-state index in [1.807, 2.05) is 0 Å². The molecule has 4 aliphatic rings. The average Bonchev–Trinajstić information content (AvgIpc) is 3.13. The van der Waals surface area contributed by atoms with Gasteiger partial charge >= 0.3 is 17.9 Å². The maximum absolute atomic E-state index is 14.0. The Hall–Kier alpha value is -6.07. The van der Waals surface area contributed by atoms with Crippen molar-refractivity contribution in [3.05, 3.63) is 107 Å². The average molecular weight is 748 g/mol. The number of nitrogens with one attached hydrogen (secondary N) is 1. The van der Waals surface area contributed by atoms with Crippen LogP contribution in [0.2, 0.25) is 0 Å². The number of hydrogen-bond acceptors (Lipinski definition) is 15. The molecule has 10 N–H and O–H groups in total. The van der Waals surface area contributed by atoms with Crippen molar-refractivity contribution in [2.75, 3.05) is 13.7 Å². The highest BCUT2D eigenvalue weighted by atomic mass is 16.6. The quantitative estimate of drug-likeness (QED) is 0.0468. The number of hydrogen-bond donors (Lipinski definition) is 10. The molecule has 7 rings (SSSR count). The molecule has 3 aromatic rings. The Morgan fingerprint density at radius 2 is 1.56 bits per heavy atom. The SMILES string of the molecule is CN[C@@]1(O)[C@H]2C=C(O)[C@]3(C[C@](O)(C(=O)O)[C@H](Cc4ccccc4)[C@@H](OC(=O)/C=C(\O)c4ccc(O)c(O)c4)[C@@]31OC(=O)/C=C/c1ccc(O)c(O)c1)OC2. The Kier molecular flexibility index (Phi) is 9.58. The van der Waals surface area contributed by atoms with E-state index in [9.17, 15) is 60.3 Å². The summed E-state index contributed by atoms with van der Waals surface area (Å²) >= 11 is 0. The summed E-state index contributed by atoms with van der Waals surface area (Å²) < 4.78 is 18.2. The molecule has 2 bridgehead atoms. The number of aliphatic hydroxyl groups is 4. The van der Waals surface area contributed by atoms with Crippen LogP contribution in [-0.2, 0) is 35.0 Å². The highest BCUT2D eigenvalue weighted by Gasteiger charge is 2.85. The molecule has 284 valence electrons. The molecule has 1 saturated carbocycles. The maximum Gasteiger partial charge on any atom is 0.336 e. The molecule has 7 atom stereocenters. The summed E-state index contributed by atoms with van der Waals surface area (Å²) in [4.78, 5) is 41.0. The number of fused-ring (bicyclic) bond motifs is 1. The van der Waals surface area contributed by atoms with Gasteiger partial charge in [-0.2, -0.15) is 0 Å². The first-order valence-corrected chi connectivity index (χ1v) is 16.5. The fourth-order valence-electron chi connectivity index (χ4n) is 7.74. The number of phenolic OH excluding ortho intramolecular Hbond substituents is 4. The smallest absolute Gasteiger partial charge is 0.336 e. The number of aliphatic carboxylic acids is 1. The van der Waals surface area contributed by atoms with Crippen LogP contribution in [0.25, 0.3) is 11.8 Å². The van der Waals surface area contributed by atoms with Crippen molar-refractivity contribution in [2.24, 2.45) is 11.8 Å². The molecule has 0 radical (unpaired) electrons. The maximum atomic E-state index is 14.0. The molecule has 2 aliphatic carbocycles. The Morgan fingerprint density at radius 1 is 0.889 bits per heavy atom. The van der Waals surface area contributed by atoms with Crippen molar-refractivity contribution >= 4 is 29.7 Å². The molecule has 3 aromatic carbocycles. The largest absolute Gasteiger partial charge is 0.509 e. The molecule has 1 spiro atoms. The van der Waals surface area contributed by atoms with E-state index in [-0.39, 0.29) is 17.5 Å². The summed E-state index contributed by atoms with van der Waals surface area (Å²) in [6, 6.07) is 14.9. The van der Waals surface area contributed by atoms with E-state index in [1.165, 1.54) is 19.2 Å². The van der Waals surface area contributed by atoms with Crippen molar-refractivity contribution in [2.45, 2.75) is 41.5 Å². The van der Waals surface area contributed by atoms with Gasteiger partial charge in [0.25, 0.3) is 0 Å². The molecule has 0 unspecified atom stereocenters. The molecule has 2 fully saturated rings. The van der Waals surface area contributed by atoms with E-state index in [4.69, 9.17) is 14.2 Å². The molecule has 0 amide bonds. The van der Waals surface area contributed by atoms with Gasteiger partial charge in [0, 0.05) is 24.0 Å². The predicted octanol–water partition coefficient (Wildman–Crippen LogP) is 2.14. The Labute approximate surface area is 306 Å². The summed E-state index contributed by atoms with van der Waals surface area (Å²) in [6.45, 7) is -0.395. The van der Waals surface area contributed by atoms with Gasteiger partial charge in [-0.1, -0.05) is 36.4 Å². The lowest BCUT2D eigenvalue weighted by Crippen LogP contribution is -2.90. The van der Waals surface area contributed by atoms with Crippen LogP contribution < -0.4 is 5.32 Å². The number of rotatable bonds is 10. The minimum absolute atomic E-state index is 0.163. The van der Waals surface area contributed by atoms with Crippen LogP contribution in [0.15, 0.2) is 90.7 Å². The molecule has 0 aromatic heterocycles. The summed E-state index contributed by atoms with van der Waals surface area (Å²) in [6.07, 6.45) is 0.112. The number of benzene rings is 3. The van der Waals surface area contributed by atoms with E-state index in [2.05, 4.69) is 5.32 Å². The molecule has 1 saturated heterocycles. The number of likely N-dealkylation sites (N-methyl/N-ethyl adjacent to an activating group) is 1. The minimum Gasteiger partial charge on any atom is -0.509 e. The van der Waals surface area contributed by atoms with E-state index in [1.54, 1.807) is 30.3 Å². The first-order valence-electron chi connectivity index (χ1n) is 16.5. The molecule has 16 nitrogen and oxygen atoms in total. The lowest BCUT2D eigenvalue weighted by atomic mass is 9.49. The summed E-state index contributed by atoms with van der Waals surface area (Å²) in [5.74, 6) is -11.2. The zero-order valence-corrected chi connectivity index (χ0v) is 28.5. The predicted molar refractivity (Wildman–Crippen MR) is 186 cm³/mol. The number of carboxylic acid groups (broad SMARTS) is 1. The third-order valence-electron chi connectivity index (χ3n) is 10.4. The second-order valence-electron chi connectivity index (χ2n) is 13.3. The van der Waals surface area contributed by atoms with Gasteiger partial charge in [-0.3, -0.25) is 5.32 Å². The topological polar surface area (TPSA) is 273 Å². The summed E-state index contributed by atoms with van der Waals surface area (Å²) in [5.41, 5.74) is -10.4. The van der Waals surface area contributed by atoms with Crippen molar-refractivity contribution in [3.8, 4) is 23.0 Å². The van der Waals surface area contributed by atoms with E-state index < -0.39 is 106 Å². The zero-order valence-electron chi connectivity index (χ0n) is 28.5. The normalized spacial score (nSPS) is 30.3. The van der Waals surface area contributed by atoms with Crippen LogP contribution in [0.5, 0.6) is 23.0 Å². The molecule has 2 heterocycles. The fraction of sp³-hybridized carbons (Fsp3) is 0.289. The Morgan fingerprint density at radius 3 is 2.17 bits per heavy atom. The van der Waals surface area contributed by atoms with Crippen LogP contribution in [0.4, 0.5) is 0 Å². The van der Waals surface area contributed by atoms with Gasteiger partial charge in [-0.25, -0.2) is 14.4 Å². The highest BCUT2D eigenvalue weighted by molar-refractivity contribution is 5.91. The van der Waals surface area contributed by atoms with Crippen molar-refractivity contribution < 1.29 is 74.6 Å². The second-order valence-corrected chi connectivity index (χ2v) is 13.3. The summed E-state index contributed by atoms with van der Waals surface area (Å²) in [5, 5.41) is 100. The number of carbonyl (C=O) groups excluding carboxylic acids is 2. The molecule has 54 heavy (non-hydrogen) atoms. The van der Waals surface area contributed by atoms with E-state index >= 15 is 0 Å². The first-order chi connectivity index (χ1) is 25.5. The van der Waals surface area contributed by atoms with Gasteiger partial charge in [-0.15, -0.1) is 0 Å². The second kappa shape index (κ2) is 13.7. The number of aromatic hydroxyl groups is 4. The van der Waals surface area contributed by atoms with Crippen molar-refractivity contribution in [1.29, 1.82) is 0 Å². The number of phenols is 4. The van der Waals surface area contributed by atoms with Crippen molar-refractivity contribution in [1.82, 2.24) is 5.32 Å². The highest BCUT2D eigenvalue weighted by Crippen LogP contribution is 2.63. The van der Waals surface area contributed by atoms with Crippen LogP contribution in [0.1, 0.15) is 23.1 Å². The number of aliphatic hydroxyl groups excluding tert-OH is 2. The van der Waals surface area contributed by atoms with Gasteiger partial charge in [-0.05, 0) is 67.1 Å². The van der Waals surface area contributed by atoms with Crippen LogP contribution in [-0.4, -0.2) is 106 Å². The standard InChI is InChI=1S/C38H37NO15/c1-39-38(51)23-16-30(45)36(52-18-23)19-35(50,34(48)49)24(13-20-5-3-2-4-6-20)33(53-32(47)17-27(42)22-9-11-26(41)29(44)15-22)37(36,38)54-31(46)12-8-21-7-10-25(40)28(43)14-21/h2-12,14-17,23-24,33,39-45,50-51H,13,18-19H2,1H3,(H,48,49)/b12-8+,27-17-/t23-,24+,33+,35+,36-,37+,38+/m0/s1. The van der Waals surface area contributed by atoms with Gasteiger partial charge in [0.1, 0.15) is 11.5 Å². The third kappa shape index (κ3) is 5.94. The minimum atomic E-state index is -2.93.